The largest absolute Gasteiger partial charge is 0.368 e. The van der Waals surface area contributed by atoms with Crippen LogP contribution in [0.15, 0.2) is 48.5 Å². The molecule has 0 radical (unpaired) electrons. The molecule has 2 aliphatic heterocycles. The average Bonchev–Trinajstić information content (AvgIpc) is 2.78. The summed E-state index contributed by atoms with van der Waals surface area (Å²) < 4.78 is 13.2. The second-order valence-corrected chi connectivity index (χ2v) is 8.33. The molecule has 158 valence electrons. The summed E-state index contributed by atoms with van der Waals surface area (Å²) in [5, 5.41) is 0. The van der Waals surface area contributed by atoms with E-state index in [1.807, 2.05) is 36.9 Å². The lowest BCUT2D eigenvalue weighted by molar-refractivity contribution is -0.148. The number of fused-ring (bicyclic) bond motifs is 1. The summed E-state index contributed by atoms with van der Waals surface area (Å²) in [5.74, 6) is -0.387. The van der Waals surface area contributed by atoms with Crippen LogP contribution in [0.4, 0.5) is 10.1 Å². The van der Waals surface area contributed by atoms with E-state index in [0.717, 1.165) is 23.2 Å². The van der Waals surface area contributed by atoms with Gasteiger partial charge in [-0.25, -0.2) is 4.39 Å². The lowest BCUT2D eigenvalue weighted by Gasteiger charge is -2.42. The fourth-order valence-electron chi connectivity index (χ4n) is 4.41. The lowest BCUT2D eigenvalue weighted by Crippen LogP contribution is -2.54. The van der Waals surface area contributed by atoms with E-state index in [4.69, 9.17) is 0 Å². The minimum atomic E-state index is -0.553. The van der Waals surface area contributed by atoms with Crippen molar-refractivity contribution in [1.82, 2.24) is 9.80 Å². The highest BCUT2D eigenvalue weighted by Crippen LogP contribution is 2.33. The predicted molar refractivity (Wildman–Crippen MR) is 115 cm³/mol. The van der Waals surface area contributed by atoms with Gasteiger partial charge in [0, 0.05) is 44.3 Å². The Bertz CT molecular complexity index is 920. The standard InChI is InChI=1S/C24H28FN3O2/c1-17(2)23(29)28-12-11-18-5-3-4-6-21(18)22(28)24(30)27-15-13-26(14-16-27)20-9-7-19(25)8-10-20/h3-10,17,22H,11-16H2,1-2H3. The van der Waals surface area contributed by atoms with Gasteiger partial charge in [-0.2, -0.15) is 0 Å². The molecular formula is C24H28FN3O2. The normalized spacial score (nSPS) is 19.1. The second-order valence-electron chi connectivity index (χ2n) is 8.33. The van der Waals surface area contributed by atoms with Gasteiger partial charge in [-0.15, -0.1) is 0 Å². The number of halogens is 1. The average molecular weight is 410 g/mol. The van der Waals surface area contributed by atoms with Crippen LogP contribution in [0.5, 0.6) is 0 Å². The van der Waals surface area contributed by atoms with Gasteiger partial charge in [0.1, 0.15) is 11.9 Å². The molecule has 1 atom stereocenters. The molecule has 6 heteroatoms. The molecule has 0 spiro atoms. The van der Waals surface area contributed by atoms with Crippen molar-refractivity contribution in [2.45, 2.75) is 26.3 Å². The maximum atomic E-state index is 13.6. The second kappa shape index (κ2) is 8.46. The van der Waals surface area contributed by atoms with Gasteiger partial charge >= 0.3 is 0 Å². The highest BCUT2D eigenvalue weighted by Gasteiger charge is 2.39. The number of rotatable bonds is 3. The first-order valence-electron chi connectivity index (χ1n) is 10.6. The van der Waals surface area contributed by atoms with Gasteiger partial charge in [-0.05, 0) is 41.8 Å². The summed E-state index contributed by atoms with van der Waals surface area (Å²) in [6, 6.07) is 13.9. The topological polar surface area (TPSA) is 43.9 Å². The minimum Gasteiger partial charge on any atom is -0.368 e. The van der Waals surface area contributed by atoms with Crippen LogP contribution in [0.1, 0.15) is 31.0 Å². The monoisotopic (exact) mass is 409 g/mol. The molecule has 0 aromatic heterocycles. The van der Waals surface area contributed by atoms with Crippen molar-refractivity contribution >= 4 is 17.5 Å². The maximum Gasteiger partial charge on any atom is 0.250 e. The van der Waals surface area contributed by atoms with E-state index in [9.17, 15) is 14.0 Å². The molecule has 2 aliphatic rings. The van der Waals surface area contributed by atoms with Crippen LogP contribution in [0, 0.1) is 11.7 Å². The predicted octanol–water partition coefficient (Wildman–Crippen LogP) is 3.26. The van der Waals surface area contributed by atoms with Crippen molar-refractivity contribution in [3.63, 3.8) is 0 Å². The zero-order valence-corrected chi connectivity index (χ0v) is 17.6. The number of hydrogen-bond acceptors (Lipinski definition) is 3. The Morgan fingerprint density at radius 3 is 2.27 bits per heavy atom. The molecule has 5 nitrogen and oxygen atoms in total. The van der Waals surface area contributed by atoms with E-state index in [0.29, 0.717) is 32.7 Å². The first-order valence-corrected chi connectivity index (χ1v) is 10.6. The highest BCUT2D eigenvalue weighted by molar-refractivity contribution is 5.90. The molecule has 1 saturated heterocycles. The van der Waals surface area contributed by atoms with E-state index >= 15 is 0 Å². The van der Waals surface area contributed by atoms with Gasteiger partial charge in [0.05, 0.1) is 0 Å². The zero-order chi connectivity index (χ0) is 21.3. The van der Waals surface area contributed by atoms with Crippen molar-refractivity contribution < 1.29 is 14.0 Å². The van der Waals surface area contributed by atoms with Crippen molar-refractivity contribution in [3.8, 4) is 0 Å². The van der Waals surface area contributed by atoms with E-state index in [1.54, 1.807) is 17.0 Å². The van der Waals surface area contributed by atoms with Crippen LogP contribution in [0.3, 0.4) is 0 Å². The minimum absolute atomic E-state index is 0.00472. The smallest absolute Gasteiger partial charge is 0.250 e. The third kappa shape index (κ3) is 3.91. The number of carbonyl (C=O) groups is 2. The first kappa shape index (κ1) is 20.4. The molecule has 1 unspecified atom stereocenters. The molecule has 0 aliphatic carbocycles. The van der Waals surface area contributed by atoms with Gasteiger partial charge < -0.3 is 14.7 Å². The van der Waals surface area contributed by atoms with Gasteiger partial charge in [0.15, 0.2) is 0 Å². The summed E-state index contributed by atoms with van der Waals surface area (Å²) in [4.78, 5) is 32.3. The number of carbonyl (C=O) groups excluding carboxylic acids is 2. The number of piperazine rings is 1. The lowest BCUT2D eigenvalue weighted by atomic mass is 9.90. The maximum absolute atomic E-state index is 13.6. The molecule has 30 heavy (non-hydrogen) atoms. The fraction of sp³-hybridized carbons (Fsp3) is 0.417. The summed E-state index contributed by atoms with van der Waals surface area (Å²) in [6.07, 6.45) is 0.775. The van der Waals surface area contributed by atoms with Crippen LogP contribution < -0.4 is 4.90 Å². The quantitative estimate of drug-likeness (QED) is 0.782. The Hall–Kier alpha value is -2.89. The Morgan fingerprint density at radius 2 is 1.60 bits per heavy atom. The summed E-state index contributed by atoms with van der Waals surface area (Å²) >= 11 is 0. The molecule has 0 N–H and O–H groups in total. The van der Waals surface area contributed by atoms with Crippen LogP contribution in [0.2, 0.25) is 0 Å². The number of hydrogen-bond donors (Lipinski definition) is 0. The Morgan fingerprint density at radius 1 is 0.933 bits per heavy atom. The van der Waals surface area contributed by atoms with E-state index in [2.05, 4.69) is 11.0 Å². The molecule has 2 aromatic carbocycles. The molecular weight excluding hydrogens is 381 g/mol. The molecule has 2 amide bonds. The van der Waals surface area contributed by atoms with Gasteiger partial charge in [0.25, 0.3) is 0 Å². The number of amides is 2. The van der Waals surface area contributed by atoms with Crippen molar-refractivity contribution in [3.05, 3.63) is 65.5 Å². The van der Waals surface area contributed by atoms with Gasteiger partial charge in [-0.1, -0.05) is 38.1 Å². The Labute approximate surface area is 177 Å². The van der Waals surface area contributed by atoms with Crippen molar-refractivity contribution in [2.75, 3.05) is 37.6 Å². The molecule has 0 saturated carbocycles. The van der Waals surface area contributed by atoms with Crippen LogP contribution >= 0.6 is 0 Å². The summed E-state index contributed by atoms with van der Waals surface area (Å²) in [6.45, 7) is 6.86. The Kier molecular flexibility index (Phi) is 5.75. The SMILES string of the molecule is CC(C)C(=O)N1CCc2ccccc2C1C(=O)N1CCN(c2ccc(F)cc2)CC1. The van der Waals surface area contributed by atoms with Gasteiger partial charge in [-0.3, -0.25) is 9.59 Å². The molecule has 2 aromatic rings. The first-order chi connectivity index (χ1) is 14.5. The molecule has 2 heterocycles. The molecule has 1 fully saturated rings. The van der Waals surface area contributed by atoms with E-state index < -0.39 is 6.04 Å². The van der Waals surface area contributed by atoms with Crippen LogP contribution in [-0.2, 0) is 16.0 Å². The zero-order valence-electron chi connectivity index (χ0n) is 17.6. The number of anilines is 1. The summed E-state index contributed by atoms with van der Waals surface area (Å²) in [7, 11) is 0. The van der Waals surface area contributed by atoms with Crippen molar-refractivity contribution in [1.29, 1.82) is 0 Å². The van der Waals surface area contributed by atoms with Gasteiger partial charge in [0.2, 0.25) is 11.8 Å². The van der Waals surface area contributed by atoms with Crippen LogP contribution in [0.25, 0.3) is 0 Å². The van der Waals surface area contributed by atoms with E-state index in [-0.39, 0.29) is 23.5 Å². The number of benzene rings is 2. The third-order valence-electron chi connectivity index (χ3n) is 6.08. The van der Waals surface area contributed by atoms with Crippen molar-refractivity contribution in [2.24, 2.45) is 5.92 Å². The summed E-state index contributed by atoms with van der Waals surface area (Å²) in [5.41, 5.74) is 3.06. The highest BCUT2D eigenvalue weighted by atomic mass is 19.1. The Balaban J connectivity index is 1.53. The molecule has 0 bridgehead atoms. The third-order valence-corrected chi connectivity index (χ3v) is 6.08. The fourth-order valence-corrected chi connectivity index (χ4v) is 4.41. The van der Waals surface area contributed by atoms with Crippen LogP contribution in [-0.4, -0.2) is 54.3 Å². The molecule has 4 rings (SSSR count). The van der Waals surface area contributed by atoms with E-state index in [1.165, 1.54) is 12.1 Å². The number of nitrogens with zero attached hydrogens (tertiary/aromatic N) is 3.